The van der Waals surface area contributed by atoms with Gasteiger partial charge in [-0.15, -0.1) is 0 Å². The van der Waals surface area contributed by atoms with Crippen LogP contribution in [0.5, 0.6) is 0 Å². The van der Waals surface area contributed by atoms with Crippen molar-refractivity contribution >= 4 is 24.1 Å². The number of halogens is 1. The summed E-state index contributed by atoms with van der Waals surface area (Å²) in [6.07, 6.45) is 0. The molecule has 2 N–H and O–H groups in total. The Morgan fingerprint density at radius 3 is 2.10 bits per heavy atom. The molecule has 0 saturated carbocycles. The predicted octanol–water partition coefficient (Wildman–Crippen LogP) is 1.74. The summed E-state index contributed by atoms with van der Waals surface area (Å²) >= 11 is 5.58. The monoisotopic (exact) mass is 157 g/mol. The molecule has 0 aliphatic carbocycles. The van der Waals surface area contributed by atoms with Crippen LogP contribution >= 0.6 is 11.6 Å². The van der Waals surface area contributed by atoms with Gasteiger partial charge in [-0.2, -0.15) is 0 Å². The molecule has 1 aromatic carbocycles. The van der Waals surface area contributed by atoms with E-state index in [0.29, 0.717) is 10.7 Å². The quantitative estimate of drug-likeness (QED) is 0.583. The van der Waals surface area contributed by atoms with Gasteiger partial charge < -0.3 is 10.5 Å². The Balaban J connectivity index is 0.000000371. The molecule has 1 rings (SSSR count). The fraction of sp³-hybridized carbons (Fsp3) is 0. The molecule has 0 bridgehead atoms. The molecule has 0 heterocycles. The lowest BCUT2D eigenvalue weighted by Crippen LogP contribution is -1.82. The summed E-state index contributed by atoms with van der Waals surface area (Å²) in [6, 6.07) is 7.22. The Bertz CT molecular complexity index is 182. The largest absolute Gasteiger partial charge is 0.398 e. The molecule has 0 saturated heterocycles. The van der Waals surface area contributed by atoms with Crippen molar-refractivity contribution in [2.75, 3.05) is 5.73 Å². The molecule has 2 nitrogen and oxygen atoms in total. The molecule has 0 aliphatic rings. The number of nitrogen functional groups attached to an aromatic ring is 1. The predicted molar refractivity (Wildman–Crippen MR) is 43.0 cm³/mol. The number of carbonyl (C=O) groups excluding carboxylic acids is 1. The standard InChI is InChI=1S/C6H6ClN.CH2O/c7-5-3-1-2-4-6(5)8;1-2/h1-4H,8H2;1H2. The summed E-state index contributed by atoms with van der Waals surface area (Å²) in [6.45, 7) is 2.00. The molecule has 0 aromatic heterocycles. The third kappa shape index (κ3) is 2.51. The van der Waals surface area contributed by atoms with Crippen molar-refractivity contribution in [3.8, 4) is 0 Å². The summed E-state index contributed by atoms with van der Waals surface area (Å²) in [4.78, 5) is 8.00. The molecule has 10 heavy (non-hydrogen) atoms. The first kappa shape index (κ1) is 8.98. The molecular weight excluding hydrogens is 150 g/mol. The second-order valence-electron chi connectivity index (χ2n) is 1.52. The van der Waals surface area contributed by atoms with E-state index in [1.54, 1.807) is 12.1 Å². The SMILES string of the molecule is C=O.Nc1ccccc1Cl. The van der Waals surface area contributed by atoms with Crippen molar-refractivity contribution < 1.29 is 4.79 Å². The lowest BCUT2D eigenvalue weighted by Gasteiger charge is -1.91. The van der Waals surface area contributed by atoms with Gasteiger partial charge in [0, 0.05) is 0 Å². The fourth-order valence-electron chi connectivity index (χ4n) is 0.475. The van der Waals surface area contributed by atoms with Gasteiger partial charge in [0.1, 0.15) is 6.79 Å². The highest BCUT2D eigenvalue weighted by Crippen LogP contribution is 2.15. The number of carbonyl (C=O) groups is 1. The van der Waals surface area contributed by atoms with E-state index in [1.165, 1.54) is 0 Å². The first-order valence-electron chi connectivity index (χ1n) is 2.59. The van der Waals surface area contributed by atoms with E-state index in [-0.39, 0.29) is 0 Å². The van der Waals surface area contributed by atoms with E-state index in [4.69, 9.17) is 22.1 Å². The van der Waals surface area contributed by atoms with Gasteiger partial charge >= 0.3 is 0 Å². The fourth-order valence-corrected chi connectivity index (χ4v) is 0.611. The molecule has 0 amide bonds. The minimum atomic E-state index is 0.618. The van der Waals surface area contributed by atoms with Crippen molar-refractivity contribution in [3.63, 3.8) is 0 Å². The zero-order chi connectivity index (χ0) is 7.98. The van der Waals surface area contributed by atoms with Crippen LogP contribution in [0.4, 0.5) is 5.69 Å². The summed E-state index contributed by atoms with van der Waals surface area (Å²) in [7, 11) is 0. The molecule has 1 aromatic rings. The zero-order valence-electron chi connectivity index (χ0n) is 5.38. The number of anilines is 1. The van der Waals surface area contributed by atoms with E-state index in [9.17, 15) is 0 Å². The maximum absolute atomic E-state index is 8.00. The van der Waals surface area contributed by atoms with Gasteiger partial charge in [0.25, 0.3) is 0 Å². The second kappa shape index (κ2) is 4.82. The van der Waals surface area contributed by atoms with E-state index in [2.05, 4.69) is 0 Å². The number of hydrogen-bond acceptors (Lipinski definition) is 2. The molecule has 0 aliphatic heterocycles. The Labute approximate surface area is 64.6 Å². The zero-order valence-corrected chi connectivity index (χ0v) is 6.14. The van der Waals surface area contributed by atoms with Crippen LogP contribution in [0.1, 0.15) is 0 Å². The average Bonchev–Trinajstić information content (AvgIpc) is 2.00. The van der Waals surface area contributed by atoms with Crippen molar-refractivity contribution in [2.24, 2.45) is 0 Å². The van der Waals surface area contributed by atoms with Gasteiger partial charge in [0.2, 0.25) is 0 Å². The summed E-state index contributed by atoms with van der Waals surface area (Å²) in [5.74, 6) is 0. The number of hydrogen-bond donors (Lipinski definition) is 1. The van der Waals surface area contributed by atoms with Gasteiger partial charge in [0.05, 0.1) is 10.7 Å². The second-order valence-corrected chi connectivity index (χ2v) is 1.93. The maximum atomic E-state index is 8.00. The van der Waals surface area contributed by atoms with Gasteiger partial charge in [-0.3, -0.25) is 0 Å². The smallest absolute Gasteiger partial charge is 0.106 e. The van der Waals surface area contributed by atoms with Crippen LogP contribution in [0.3, 0.4) is 0 Å². The molecule has 0 atom stereocenters. The maximum Gasteiger partial charge on any atom is 0.106 e. The number of rotatable bonds is 0. The normalized spacial score (nSPS) is 7.70. The number of benzene rings is 1. The van der Waals surface area contributed by atoms with E-state index < -0.39 is 0 Å². The molecule has 3 heteroatoms. The summed E-state index contributed by atoms with van der Waals surface area (Å²) in [5.41, 5.74) is 6.02. The minimum absolute atomic E-state index is 0.618. The van der Waals surface area contributed by atoms with Crippen LogP contribution in [-0.2, 0) is 4.79 Å². The Kier molecular flexibility index (Phi) is 4.33. The van der Waals surface area contributed by atoms with E-state index in [0.717, 1.165) is 0 Å². The van der Waals surface area contributed by atoms with Gasteiger partial charge in [-0.05, 0) is 12.1 Å². The van der Waals surface area contributed by atoms with Crippen LogP contribution in [-0.4, -0.2) is 6.79 Å². The number of nitrogens with two attached hydrogens (primary N) is 1. The highest BCUT2D eigenvalue weighted by Gasteiger charge is 1.87. The van der Waals surface area contributed by atoms with Crippen molar-refractivity contribution in [1.29, 1.82) is 0 Å². The van der Waals surface area contributed by atoms with E-state index >= 15 is 0 Å². The Morgan fingerprint density at radius 1 is 1.30 bits per heavy atom. The van der Waals surface area contributed by atoms with Crippen LogP contribution in [0, 0.1) is 0 Å². The summed E-state index contributed by atoms with van der Waals surface area (Å²) < 4.78 is 0. The van der Waals surface area contributed by atoms with Crippen LogP contribution < -0.4 is 5.73 Å². The lowest BCUT2D eigenvalue weighted by atomic mass is 10.3. The van der Waals surface area contributed by atoms with Crippen LogP contribution in [0.15, 0.2) is 24.3 Å². The average molecular weight is 158 g/mol. The van der Waals surface area contributed by atoms with Crippen molar-refractivity contribution in [3.05, 3.63) is 29.3 Å². The molecule has 0 unspecified atom stereocenters. The summed E-state index contributed by atoms with van der Waals surface area (Å²) in [5, 5.41) is 0.618. The minimum Gasteiger partial charge on any atom is -0.398 e. The number of para-hydroxylation sites is 1. The van der Waals surface area contributed by atoms with E-state index in [1.807, 2.05) is 18.9 Å². The first-order valence-corrected chi connectivity index (χ1v) is 2.97. The lowest BCUT2D eigenvalue weighted by molar-refractivity contribution is -0.0979. The topological polar surface area (TPSA) is 43.1 Å². The van der Waals surface area contributed by atoms with Crippen LogP contribution in [0.2, 0.25) is 5.02 Å². The Hall–Kier alpha value is -1.02. The molecule has 0 radical (unpaired) electrons. The molecule has 0 spiro atoms. The Morgan fingerprint density at radius 2 is 1.80 bits per heavy atom. The molecular formula is C7H8ClNO. The van der Waals surface area contributed by atoms with Gasteiger partial charge in [-0.1, -0.05) is 23.7 Å². The molecule has 0 fully saturated rings. The van der Waals surface area contributed by atoms with Crippen LogP contribution in [0.25, 0.3) is 0 Å². The molecule has 54 valence electrons. The van der Waals surface area contributed by atoms with Crippen molar-refractivity contribution in [2.45, 2.75) is 0 Å². The van der Waals surface area contributed by atoms with Crippen molar-refractivity contribution in [1.82, 2.24) is 0 Å². The van der Waals surface area contributed by atoms with Gasteiger partial charge in [-0.25, -0.2) is 0 Å². The third-order valence-corrected chi connectivity index (χ3v) is 1.25. The van der Waals surface area contributed by atoms with Gasteiger partial charge in [0.15, 0.2) is 0 Å². The highest BCUT2D eigenvalue weighted by molar-refractivity contribution is 6.33. The first-order chi connectivity index (χ1) is 4.80. The highest BCUT2D eigenvalue weighted by atomic mass is 35.5. The third-order valence-electron chi connectivity index (χ3n) is 0.905.